The molecule has 0 aliphatic rings. The molecule has 0 bridgehead atoms. The SMILES string of the molecule is [CH2-]CCCCC[O-].[Cl-].[Li+].[Mg+2]. The first-order valence-corrected chi connectivity index (χ1v) is 2.79. The summed E-state index contributed by atoms with van der Waals surface area (Å²) in [7, 11) is 0. The van der Waals surface area contributed by atoms with Crippen LogP contribution in [0.1, 0.15) is 25.7 Å². The second kappa shape index (κ2) is 22.4. The molecule has 1 nitrogen and oxygen atoms in total. The van der Waals surface area contributed by atoms with E-state index in [1.54, 1.807) is 0 Å². The first-order chi connectivity index (χ1) is 3.41. The van der Waals surface area contributed by atoms with Gasteiger partial charge in [0.15, 0.2) is 0 Å². The molecule has 0 unspecified atom stereocenters. The van der Waals surface area contributed by atoms with Gasteiger partial charge in [-0.2, -0.15) is 6.42 Å². The molecular formula is C6H12ClLiMgO. The zero-order valence-corrected chi connectivity index (χ0v) is 8.91. The Morgan fingerprint density at radius 3 is 1.90 bits per heavy atom. The quantitative estimate of drug-likeness (QED) is 0.232. The van der Waals surface area contributed by atoms with Gasteiger partial charge in [-0.05, 0) is 0 Å². The molecule has 4 heteroatoms. The molecule has 0 aliphatic heterocycles. The molecule has 0 aromatic rings. The van der Waals surface area contributed by atoms with E-state index in [1.165, 1.54) is 0 Å². The molecule has 52 valence electrons. The summed E-state index contributed by atoms with van der Waals surface area (Å²) in [6.45, 7) is 3.74. The summed E-state index contributed by atoms with van der Waals surface area (Å²) in [5, 5.41) is 9.78. The smallest absolute Gasteiger partial charge is 1.00 e. The van der Waals surface area contributed by atoms with E-state index >= 15 is 0 Å². The third-order valence-electron chi connectivity index (χ3n) is 0.894. The van der Waals surface area contributed by atoms with Crippen LogP contribution in [-0.2, 0) is 0 Å². The minimum Gasteiger partial charge on any atom is -1.00 e. The molecule has 0 atom stereocenters. The van der Waals surface area contributed by atoms with E-state index in [4.69, 9.17) is 0 Å². The fourth-order valence-electron chi connectivity index (χ4n) is 0.456. The van der Waals surface area contributed by atoms with Crippen LogP contribution in [0, 0.1) is 6.92 Å². The Labute approximate surface area is 98.1 Å². The van der Waals surface area contributed by atoms with Gasteiger partial charge in [0.2, 0.25) is 0 Å². The average molecular weight is 167 g/mol. The summed E-state index contributed by atoms with van der Waals surface area (Å²) in [4.78, 5) is 0. The van der Waals surface area contributed by atoms with E-state index in [2.05, 4.69) is 6.92 Å². The molecule has 0 saturated heterocycles. The number of halogens is 1. The van der Waals surface area contributed by atoms with Gasteiger partial charge in [0, 0.05) is 0 Å². The summed E-state index contributed by atoms with van der Waals surface area (Å²) < 4.78 is 0. The van der Waals surface area contributed by atoms with Crippen molar-refractivity contribution >= 4 is 23.1 Å². The second-order valence-electron chi connectivity index (χ2n) is 1.62. The predicted octanol–water partition coefficient (Wildman–Crippen LogP) is -5.63. The van der Waals surface area contributed by atoms with Crippen LogP contribution in [-0.4, -0.2) is 29.7 Å². The fourth-order valence-corrected chi connectivity index (χ4v) is 0.456. The third kappa shape index (κ3) is 22.6. The van der Waals surface area contributed by atoms with Crippen molar-refractivity contribution in [1.82, 2.24) is 0 Å². The number of hydrogen-bond acceptors (Lipinski definition) is 1. The van der Waals surface area contributed by atoms with Gasteiger partial charge < -0.3 is 24.4 Å². The number of hydrogen-bond donors (Lipinski definition) is 0. The standard InChI is InChI=1S/C6H12O.ClH.Li.Mg/c1-2-3-4-5-6-7;;;/h1-6H2;1H;;/q-2;;+1;+2/p-1. The van der Waals surface area contributed by atoms with E-state index < -0.39 is 0 Å². The van der Waals surface area contributed by atoms with Gasteiger partial charge in [-0.15, -0.1) is 6.61 Å². The summed E-state index contributed by atoms with van der Waals surface area (Å²) in [5.41, 5.74) is 0. The molecule has 0 aromatic heterocycles. The van der Waals surface area contributed by atoms with Gasteiger partial charge in [0.1, 0.15) is 0 Å². The summed E-state index contributed by atoms with van der Waals surface area (Å²) in [5.74, 6) is 0. The van der Waals surface area contributed by atoms with Crippen LogP contribution < -0.4 is 36.4 Å². The third-order valence-corrected chi connectivity index (χ3v) is 0.894. The van der Waals surface area contributed by atoms with E-state index in [1.807, 2.05) is 0 Å². The molecule has 0 aromatic carbocycles. The van der Waals surface area contributed by atoms with Crippen LogP contribution in [0.5, 0.6) is 0 Å². The van der Waals surface area contributed by atoms with Crippen molar-refractivity contribution in [3.8, 4) is 0 Å². The molecule has 0 rings (SSSR count). The summed E-state index contributed by atoms with van der Waals surface area (Å²) in [6, 6.07) is 0. The molecule has 0 heterocycles. The number of rotatable bonds is 4. The van der Waals surface area contributed by atoms with E-state index in [9.17, 15) is 5.11 Å². The zero-order valence-electron chi connectivity index (χ0n) is 6.74. The summed E-state index contributed by atoms with van der Waals surface area (Å²) in [6.07, 6.45) is 3.98. The summed E-state index contributed by atoms with van der Waals surface area (Å²) >= 11 is 0. The average Bonchev–Trinajstić information content (AvgIpc) is 1.69. The van der Waals surface area contributed by atoms with Crippen molar-refractivity contribution in [2.75, 3.05) is 6.61 Å². The van der Waals surface area contributed by atoms with Gasteiger partial charge in [-0.1, -0.05) is 19.3 Å². The molecule has 0 saturated carbocycles. The van der Waals surface area contributed by atoms with Crippen molar-refractivity contribution < 1.29 is 36.4 Å². The largest absolute Gasteiger partial charge is 2.00 e. The van der Waals surface area contributed by atoms with Crippen molar-refractivity contribution in [2.24, 2.45) is 0 Å². The molecule has 0 aliphatic carbocycles. The van der Waals surface area contributed by atoms with Gasteiger partial charge in [-0.3, -0.25) is 0 Å². The Kier molecular flexibility index (Phi) is 50.6. The Morgan fingerprint density at radius 1 is 1.10 bits per heavy atom. The number of unbranched alkanes of at least 4 members (excludes halogenated alkanes) is 3. The Hall–Kier alpha value is 1.61. The minimum atomic E-state index is 0. The molecule has 0 fully saturated rings. The van der Waals surface area contributed by atoms with E-state index in [0.717, 1.165) is 25.7 Å². The van der Waals surface area contributed by atoms with Gasteiger partial charge >= 0.3 is 41.9 Å². The molecule has 0 amide bonds. The van der Waals surface area contributed by atoms with E-state index in [0.29, 0.717) is 0 Å². The normalized spacial score (nSPS) is 6.60. The maximum absolute atomic E-state index is 9.78. The van der Waals surface area contributed by atoms with Crippen molar-refractivity contribution in [1.29, 1.82) is 0 Å². The van der Waals surface area contributed by atoms with Gasteiger partial charge in [0.25, 0.3) is 0 Å². The van der Waals surface area contributed by atoms with Crippen LogP contribution >= 0.6 is 0 Å². The second-order valence-corrected chi connectivity index (χ2v) is 1.62. The molecule has 10 heavy (non-hydrogen) atoms. The Bertz CT molecular complexity index is 36.9. The van der Waals surface area contributed by atoms with Crippen LogP contribution in [0.2, 0.25) is 0 Å². The monoisotopic (exact) mass is 166 g/mol. The van der Waals surface area contributed by atoms with Crippen LogP contribution in [0.4, 0.5) is 0 Å². The van der Waals surface area contributed by atoms with Crippen molar-refractivity contribution in [3.05, 3.63) is 6.92 Å². The van der Waals surface area contributed by atoms with E-state index in [-0.39, 0.29) is 60.9 Å². The predicted molar refractivity (Wildman–Crippen MR) is 34.4 cm³/mol. The van der Waals surface area contributed by atoms with Crippen molar-refractivity contribution in [2.45, 2.75) is 25.7 Å². The van der Waals surface area contributed by atoms with Gasteiger partial charge in [-0.25, -0.2) is 0 Å². The first-order valence-electron chi connectivity index (χ1n) is 2.79. The minimum absolute atomic E-state index is 0. The zero-order chi connectivity index (χ0) is 5.54. The molecule has 0 spiro atoms. The molecule has 0 N–H and O–H groups in total. The molecular weight excluding hydrogens is 155 g/mol. The molecule has 0 radical (unpaired) electrons. The topological polar surface area (TPSA) is 23.1 Å². The first kappa shape index (κ1) is 22.6. The van der Waals surface area contributed by atoms with Crippen LogP contribution in [0.25, 0.3) is 0 Å². The maximum atomic E-state index is 9.78. The Balaban J connectivity index is -0.0000000600. The van der Waals surface area contributed by atoms with Gasteiger partial charge in [0.05, 0.1) is 0 Å². The van der Waals surface area contributed by atoms with Crippen LogP contribution in [0.3, 0.4) is 0 Å². The van der Waals surface area contributed by atoms with Crippen molar-refractivity contribution in [3.63, 3.8) is 0 Å². The van der Waals surface area contributed by atoms with Crippen LogP contribution in [0.15, 0.2) is 0 Å². The Morgan fingerprint density at radius 2 is 1.60 bits per heavy atom. The fraction of sp³-hybridized carbons (Fsp3) is 0.833. The maximum Gasteiger partial charge on any atom is 2.00 e.